The first kappa shape index (κ1) is 15.0. The zero-order chi connectivity index (χ0) is 13.6. The minimum Gasteiger partial charge on any atom is -0.480 e. The maximum absolute atomic E-state index is 12.0. The summed E-state index contributed by atoms with van der Waals surface area (Å²) in [6.07, 6.45) is 2.24. The lowest BCUT2D eigenvalue weighted by Crippen LogP contribution is -2.42. The standard InChI is InChI=1S/C13H22O5/c1-3-13(11(14)15,12(16)18-4-2)9-10-5-7-17-8-6-10/h10H,3-9H2,1-2H3,(H,14,15). The van der Waals surface area contributed by atoms with Gasteiger partial charge in [0.1, 0.15) is 0 Å². The van der Waals surface area contributed by atoms with Crippen molar-refractivity contribution in [1.82, 2.24) is 0 Å². The van der Waals surface area contributed by atoms with E-state index in [-0.39, 0.29) is 18.9 Å². The van der Waals surface area contributed by atoms with E-state index in [0.717, 1.165) is 12.8 Å². The smallest absolute Gasteiger partial charge is 0.323 e. The summed E-state index contributed by atoms with van der Waals surface area (Å²) in [6.45, 7) is 4.92. The third-order valence-electron chi connectivity index (χ3n) is 3.66. The van der Waals surface area contributed by atoms with Crippen molar-refractivity contribution in [2.75, 3.05) is 19.8 Å². The van der Waals surface area contributed by atoms with E-state index in [1.165, 1.54) is 0 Å². The number of carboxylic acid groups (broad SMARTS) is 1. The number of carbonyl (C=O) groups is 2. The lowest BCUT2D eigenvalue weighted by Gasteiger charge is -2.31. The minimum atomic E-state index is -1.39. The van der Waals surface area contributed by atoms with Crippen LogP contribution in [0.1, 0.15) is 39.5 Å². The molecule has 0 spiro atoms. The molecule has 1 N–H and O–H groups in total. The molecule has 0 aromatic heterocycles. The van der Waals surface area contributed by atoms with E-state index in [1.807, 2.05) is 0 Å². The first-order valence-electron chi connectivity index (χ1n) is 6.55. The molecule has 1 fully saturated rings. The largest absolute Gasteiger partial charge is 0.480 e. The van der Waals surface area contributed by atoms with Gasteiger partial charge in [0, 0.05) is 13.2 Å². The van der Waals surface area contributed by atoms with Crippen LogP contribution in [0.25, 0.3) is 0 Å². The SMILES string of the molecule is CCOC(=O)C(CC)(CC1CCOCC1)C(=O)O. The van der Waals surface area contributed by atoms with Gasteiger partial charge in [-0.3, -0.25) is 9.59 Å². The Balaban J connectivity index is 2.81. The van der Waals surface area contributed by atoms with Crippen molar-refractivity contribution in [2.24, 2.45) is 11.3 Å². The Morgan fingerprint density at radius 2 is 1.94 bits per heavy atom. The quantitative estimate of drug-likeness (QED) is 0.581. The number of hydrogen-bond acceptors (Lipinski definition) is 4. The molecule has 0 bridgehead atoms. The number of ether oxygens (including phenoxy) is 2. The zero-order valence-electron chi connectivity index (χ0n) is 11.1. The third kappa shape index (κ3) is 3.22. The number of esters is 1. The molecule has 0 saturated carbocycles. The van der Waals surface area contributed by atoms with E-state index in [1.54, 1.807) is 13.8 Å². The van der Waals surface area contributed by atoms with Crippen molar-refractivity contribution in [1.29, 1.82) is 0 Å². The van der Waals surface area contributed by atoms with Gasteiger partial charge in [-0.1, -0.05) is 6.92 Å². The fourth-order valence-corrected chi connectivity index (χ4v) is 2.41. The van der Waals surface area contributed by atoms with Gasteiger partial charge in [-0.25, -0.2) is 0 Å². The molecule has 5 heteroatoms. The van der Waals surface area contributed by atoms with Crippen molar-refractivity contribution in [3.05, 3.63) is 0 Å². The normalized spacial score (nSPS) is 20.1. The Hall–Kier alpha value is -1.10. The number of rotatable bonds is 6. The Kier molecular flexibility index (Phi) is 5.59. The van der Waals surface area contributed by atoms with E-state index >= 15 is 0 Å². The van der Waals surface area contributed by atoms with Crippen LogP contribution < -0.4 is 0 Å². The van der Waals surface area contributed by atoms with Crippen LogP contribution in [0.15, 0.2) is 0 Å². The molecule has 18 heavy (non-hydrogen) atoms. The molecule has 1 saturated heterocycles. The second-order valence-corrected chi connectivity index (χ2v) is 4.72. The summed E-state index contributed by atoms with van der Waals surface area (Å²) in [5.74, 6) is -1.46. The Morgan fingerprint density at radius 1 is 1.33 bits per heavy atom. The highest BCUT2D eigenvalue weighted by Crippen LogP contribution is 2.36. The predicted molar refractivity (Wildman–Crippen MR) is 65.2 cm³/mol. The van der Waals surface area contributed by atoms with E-state index in [9.17, 15) is 14.7 Å². The van der Waals surface area contributed by atoms with Crippen molar-refractivity contribution in [3.8, 4) is 0 Å². The second kappa shape index (κ2) is 6.73. The minimum absolute atomic E-state index is 0.210. The number of aliphatic carboxylic acids is 1. The molecule has 0 aromatic carbocycles. The summed E-state index contributed by atoms with van der Waals surface area (Å²) >= 11 is 0. The Bertz CT molecular complexity index is 296. The van der Waals surface area contributed by atoms with Crippen molar-refractivity contribution in [3.63, 3.8) is 0 Å². The van der Waals surface area contributed by atoms with Crippen LogP contribution in [-0.4, -0.2) is 36.9 Å². The molecule has 1 heterocycles. The van der Waals surface area contributed by atoms with Gasteiger partial charge in [-0.15, -0.1) is 0 Å². The van der Waals surface area contributed by atoms with Crippen molar-refractivity contribution >= 4 is 11.9 Å². The van der Waals surface area contributed by atoms with Gasteiger partial charge in [0.2, 0.25) is 0 Å². The maximum atomic E-state index is 12.0. The number of carbonyl (C=O) groups excluding carboxylic acids is 1. The monoisotopic (exact) mass is 258 g/mol. The molecule has 0 aromatic rings. The van der Waals surface area contributed by atoms with E-state index < -0.39 is 17.4 Å². The van der Waals surface area contributed by atoms with Gasteiger partial charge in [-0.05, 0) is 38.5 Å². The Labute approximate surface area is 107 Å². The van der Waals surface area contributed by atoms with Gasteiger partial charge in [-0.2, -0.15) is 0 Å². The first-order valence-corrected chi connectivity index (χ1v) is 6.55. The van der Waals surface area contributed by atoms with Crippen LogP contribution in [0, 0.1) is 11.3 Å². The number of carboxylic acids is 1. The molecule has 1 aliphatic rings. The van der Waals surface area contributed by atoms with E-state index in [4.69, 9.17) is 9.47 Å². The van der Waals surface area contributed by atoms with Gasteiger partial charge in [0.15, 0.2) is 5.41 Å². The van der Waals surface area contributed by atoms with E-state index in [2.05, 4.69) is 0 Å². The van der Waals surface area contributed by atoms with Crippen molar-refractivity contribution < 1.29 is 24.2 Å². The van der Waals surface area contributed by atoms with Crippen LogP contribution in [-0.2, 0) is 19.1 Å². The summed E-state index contributed by atoms with van der Waals surface area (Å²) in [7, 11) is 0. The molecular formula is C13H22O5. The highest BCUT2D eigenvalue weighted by molar-refractivity contribution is 5.99. The molecule has 5 nitrogen and oxygen atoms in total. The molecule has 0 aliphatic carbocycles. The molecule has 1 atom stereocenters. The molecule has 0 amide bonds. The molecule has 1 unspecified atom stereocenters. The summed E-state index contributed by atoms with van der Waals surface area (Å²) in [5, 5.41) is 9.42. The molecule has 1 rings (SSSR count). The fraction of sp³-hybridized carbons (Fsp3) is 0.846. The average molecular weight is 258 g/mol. The molecule has 1 aliphatic heterocycles. The summed E-state index contributed by atoms with van der Waals surface area (Å²) in [6, 6.07) is 0. The third-order valence-corrected chi connectivity index (χ3v) is 3.66. The first-order chi connectivity index (χ1) is 8.56. The summed E-state index contributed by atoms with van der Waals surface area (Å²) in [4.78, 5) is 23.5. The van der Waals surface area contributed by atoms with Crippen LogP contribution in [0.3, 0.4) is 0 Å². The number of hydrogen-bond donors (Lipinski definition) is 1. The highest BCUT2D eigenvalue weighted by atomic mass is 16.5. The van der Waals surface area contributed by atoms with Crippen LogP contribution in [0.4, 0.5) is 0 Å². The lowest BCUT2D eigenvalue weighted by atomic mass is 9.75. The maximum Gasteiger partial charge on any atom is 0.323 e. The van der Waals surface area contributed by atoms with Crippen molar-refractivity contribution in [2.45, 2.75) is 39.5 Å². The summed E-state index contributed by atoms with van der Waals surface area (Å²) < 4.78 is 10.2. The molecule has 104 valence electrons. The predicted octanol–water partition coefficient (Wildman–Crippen LogP) is 1.85. The van der Waals surface area contributed by atoms with Gasteiger partial charge in [0.05, 0.1) is 6.61 Å². The van der Waals surface area contributed by atoms with Gasteiger partial charge < -0.3 is 14.6 Å². The van der Waals surface area contributed by atoms with Gasteiger partial charge >= 0.3 is 11.9 Å². The van der Waals surface area contributed by atoms with Crippen LogP contribution in [0.5, 0.6) is 0 Å². The van der Waals surface area contributed by atoms with Crippen LogP contribution in [0.2, 0.25) is 0 Å². The van der Waals surface area contributed by atoms with Gasteiger partial charge in [0.25, 0.3) is 0 Å². The summed E-state index contributed by atoms with van der Waals surface area (Å²) in [5.41, 5.74) is -1.39. The Morgan fingerprint density at radius 3 is 2.39 bits per heavy atom. The highest BCUT2D eigenvalue weighted by Gasteiger charge is 2.47. The molecular weight excluding hydrogens is 236 g/mol. The topological polar surface area (TPSA) is 72.8 Å². The second-order valence-electron chi connectivity index (χ2n) is 4.72. The van der Waals surface area contributed by atoms with E-state index in [0.29, 0.717) is 19.6 Å². The van der Waals surface area contributed by atoms with Crippen LogP contribution >= 0.6 is 0 Å². The zero-order valence-corrected chi connectivity index (χ0v) is 11.1. The fourth-order valence-electron chi connectivity index (χ4n) is 2.41. The lowest BCUT2D eigenvalue weighted by molar-refractivity contribution is -0.171. The molecule has 0 radical (unpaired) electrons. The average Bonchev–Trinajstić information content (AvgIpc) is 2.37.